The van der Waals surface area contributed by atoms with Crippen LogP contribution in [-0.4, -0.2) is 16.6 Å². The minimum absolute atomic E-state index is 0.00883. The zero-order valence-corrected chi connectivity index (χ0v) is 16.1. The molecule has 138 valence electrons. The number of hydrogen-bond donors (Lipinski definition) is 1. The number of amides is 1. The Bertz CT molecular complexity index is 779. The fourth-order valence-electron chi connectivity index (χ4n) is 2.63. The molecule has 2 atom stereocenters. The lowest BCUT2D eigenvalue weighted by Crippen LogP contribution is -2.16. The van der Waals surface area contributed by atoms with Crippen molar-refractivity contribution in [3.8, 4) is 0 Å². The minimum Gasteiger partial charge on any atom is -0.325 e. The van der Waals surface area contributed by atoms with Gasteiger partial charge in [-0.2, -0.15) is 0 Å². The molecule has 2 rings (SSSR count). The number of carbonyl (C=O) groups is 1. The maximum atomic E-state index is 12.3. The van der Waals surface area contributed by atoms with Crippen LogP contribution < -0.4 is 5.32 Å². The summed E-state index contributed by atoms with van der Waals surface area (Å²) < 4.78 is 0. The Morgan fingerprint density at radius 2 is 1.92 bits per heavy atom. The first-order chi connectivity index (χ1) is 12.4. The topological polar surface area (TPSA) is 72.2 Å². The van der Waals surface area contributed by atoms with Crippen molar-refractivity contribution in [1.29, 1.82) is 0 Å². The van der Waals surface area contributed by atoms with E-state index in [1.165, 1.54) is 17.8 Å². The molecular weight excluding hydrogens is 348 g/mol. The lowest BCUT2D eigenvalue weighted by Gasteiger charge is -2.16. The van der Waals surface area contributed by atoms with E-state index >= 15 is 0 Å². The maximum absolute atomic E-state index is 12.3. The number of nitro groups is 1. The van der Waals surface area contributed by atoms with E-state index < -0.39 is 4.92 Å². The van der Waals surface area contributed by atoms with Crippen LogP contribution in [0.2, 0.25) is 0 Å². The van der Waals surface area contributed by atoms with E-state index in [-0.39, 0.29) is 16.8 Å². The van der Waals surface area contributed by atoms with Crippen molar-refractivity contribution in [3.63, 3.8) is 0 Å². The molecule has 0 bridgehead atoms. The van der Waals surface area contributed by atoms with E-state index in [9.17, 15) is 14.9 Å². The lowest BCUT2D eigenvalue weighted by molar-refractivity contribution is -0.384. The third kappa shape index (κ3) is 5.33. The molecule has 1 amide bonds. The summed E-state index contributed by atoms with van der Waals surface area (Å²) in [6.45, 7) is 6.22. The van der Waals surface area contributed by atoms with Gasteiger partial charge in [0.05, 0.1) is 10.7 Å². The molecule has 0 aliphatic heterocycles. The summed E-state index contributed by atoms with van der Waals surface area (Å²) in [5.41, 5.74) is 2.91. The third-order valence-corrected chi connectivity index (χ3v) is 5.59. The van der Waals surface area contributed by atoms with Crippen molar-refractivity contribution in [1.82, 2.24) is 0 Å². The zero-order chi connectivity index (χ0) is 19.1. The van der Waals surface area contributed by atoms with Gasteiger partial charge in [0.25, 0.3) is 5.69 Å². The summed E-state index contributed by atoms with van der Waals surface area (Å²) in [7, 11) is 0. The second-order valence-corrected chi connectivity index (χ2v) is 7.58. The number of nitrogens with zero attached hydrogens (tertiary/aromatic N) is 1. The van der Waals surface area contributed by atoms with Crippen molar-refractivity contribution in [2.75, 3.05) is 11.1 Å². The number of non-ortho nitro benzene ring substituents is 1. The number of nitro benzene ring substituents is 1. The smallest absolute Gasteiger partial charge is 0.269 e. The molecule has 2 aromatic rings. The van der Waals surface area contributed by atoms with E-state index in [0.29, 0.717) is 11.7 Å². The van der Waals surface area contributed by atoms with Gasteiger partial charge in [-0.05, 0) is 36.5 Å². The van der Waals surface area contributed by atoms with Crippen molar-refractivity contribution >= 4 is 29.0 Å². The van der Waals surface area contributed by atoms with Gasteiger partial charge in [0.1, 0.15) is 0 Å². The summed E-state index contributed by atoms with van der Waals surface area (Å²) >= 11 is 1.46. The summed E-state index contributed by atoms with van der Waals surface area (Å²) in [5.74, 6) is 0.601. The van der Waals surface area contributed by atoms with E-state index in [1.54, 1.807) is 12.1 Å². The van der Waals surface area contributed by atoms with Gasteiger partial charge in [-0.1, -0.05) is 44.2 Å². The maximum Gasteiger partial charge on any atom is 0.269 e. The van der Waals surface area contributed by atoms with Crippen LogP contribution >= 0.6 is 11.8 Å². The molecule has 0 radical (unpaired) electrons. The van der Waals surface area contributed by atoms with Crippen LogP contribution in [0.1, 0.15) is 49.5 Å². The first-order valence-electron chi connectivity index (χ1n) is 8.67. The highest BCUT2D eigenvalue weighted by Crippen LogP contribution is 2.31. The number of anilines is 1. The predicted octanol–water partition coefficient (Wildman–Crippen LogP) is 5.54. The molecule has 26 heavy (non-hydrogen) atoms. The molecule has 5 nitrogen and oxygen atoms in total. The number of benzene rings is 2. The standard InChI is InChI=1S/C20H24N2O3S/c1-4-14(2)18-10-5-6-11-19(18)21-20(23)13-26-15(3)16-8-7-9-17(12-16)22(24)25/h5-12,14-15H,4,13H2,1-3H3,(H,21,23)/t14-,15-/m1/s1. The van der Waals surface area contributed by atoms with Gasteiger partial charge >= 0.3 is 0 Å². The second kappa shape index (κ2) is 9.38. The fraction of sp³-hybridized carbons (Fsp3) is 0.350. The number of rotatable bonds is 8. The summed E-state index contributed by atoms with van der Waals surface area (Å²) in [6.07, 6.45) is 1.01. The molecule has 0 heterocycles. The van der Waals surface area contributed by atoms with Crippen molar-refractivity contribution in [2.45, 2.75) is 38.4 Å². The van der Waals surface area contributed by atoms with Gasteiger partial charge in [-0.3, -0.25) is 14.9 Å². The molecule has 0 aliphatic rings. The Balaban J connectivity index is 1.97. The van der Waals surface area contributed by atoms with Crippen LogP contribution in [0.4, 0.5) is 11.4 Å². The normalized spacial score (nSPS) is 13.0. The molecule has 6 heteroatoms. The Morgan fingerprint density at radius 1 is 1.19 bits per heavy atom. The Morgan fingerprint density at radius 3 is 2.62 bits per heavy atom. The van der Waals surface area contributed by atoms with Gasteiger partial charge in [-0.15, -0.1) is 11.8 Å². The summed E-state index contributed by atoms with van der Waals surface area (Å²) in [5, 5.41) is 13.9. The van der Waals surface area contributed by atoms with Crippen LogP contribution in [0.5, 0.6) is 0 Å². The van der Waals surface area contributed by atoms with Crippen molar-refractivity contribution in [2.24, 2.45) is 0 Å². The predicted molar refractivity (Wildman–Crippen MR) is 108 cm³/mol. The van der Waals surface area contributed by atoms with Crippen molar-refractivity contribution in [3.05, 3.63) is 69.8 Å². The second-order valence-electron chi connectivity index (χ2n) is 6.25. The molecule has 1 N–H and O–H groups in total. The molecule has 0 saturated carbocycles. The first kappa shape index (κ1) is 20.0. The number of carbonyl (C=O) groups excluding carboxylic acids is 1. The Kier molecular flexibility index (Phi) is 7.21. The van der Waals surface area contributed by atoms with Crippen LogP contribution in [0.25, 0.3) is 0 Å². The zero-order valence-electron chi connectivity index (χ0n) is 15.3. The van der Waals surface area contributed by atoms with Crippen molar-refractivity contribution < 1.29 is 9.72 Å². The number of nitrogens with one attached hydrogen (secondary N) is 1. The Labute approximate surface area is 158 Å². The molecule has 0 fully saturated rings. The molecule has 0 unspecified atom stereocenters. The summed E-state index contributed by atoms with van der Waals surface area (Å²) in [6, 6.07) is 14.4. The first-order valence-corrected chi connectivity index (χ1v) is 9.72. The van der Waals surface area contributed by atoms with Crippen LogP contribution in [0.15, 0.2) is 48.5 Å². The van der Waals surface area contributed by atoms with Gasteiger partial charge in [0.2, 0.25) is 5.91 Å². The van der Waals surface area contributed by atoms with E-state index in [4.69, 9.17) is 0 Å². The number of para-hydroxylation sites is 1. The summed E-state index contributed by atoms with van der Waals surface area (Å²) in [4.78, 5) is 22.8. The fourth-order valence-corrected chi connectivity index (χ4v) is 3.45. The number of thioether (sulfide) groups is 1. The average molecular weight is 372 g/mol. The van der Waals surface area contributed by atoms with Crippen LogP contribution in [0, 0.1) is 10.1 Å². The van der Waals surface area contributed by atoms with Crippen LogP contribution in [0.3, 0.4) is 0 Å². The highest BCUT2D eigenvalue weighted by Gasteiger charge is 2.15. The SMILES string of the molecule is CC[C@@H](C)c1ccccc1NC(=O)CS[C@H](C)c1cccc([N+](=O)[O-])c1. The average Bonchev–Trinajstić information content (AvgIpc) is 2.66. The van der Waals surface area contributed by atoms with Gasteiger partial charge in [-0.25, -0.2) is 0 Å². The molecule has 0 saturated heterocycles. The molecular formula is C20H24N2O3S. The Hall–Kier alpha value is -2.34. The highest BCUT2D eigenvalue weighted by molar-refractivity contribution is 8.00. The molecule has 2 aromatic carbocycles. The van der Waals surface area contributed by atoms with Gasteiger partial charge in [0.15, 0.2) is 0 Å². The molecule has 0 spiro atoms. The van der Waals surface area contributed by atoms with E-state index in [2.05, 4.69) is 19.2 Å². The molecule has 0 aromatic heterocycles. The van der Waals surface area contributed by atoms with Gasteiger partial charge < -0.3 is 5.32 Å². The van der Waals surface area contributed by atoms with E-state index in [0.717, 1.165) is 23.2 Å². The third-order valence-electron chi connectivity index (χ3n) is 4.39. The molecule has 0 aliphatic carbocycles. The quantitative estimate of drug-likeness (QED) is 0.488. The van der Waals surface area contributed by atoms with Gasteiger partial charge in [0, 0.05) is 23.1 Å². The highest BCUT2D eigenvalue weighted by atomic mass is 32.2. The lowest BCUT2D eigenvalue weighted by atomic mass is 9.97. The van der Waals surface area contributed by atoms with Crippen LogP contribution in [-0.2, 0) is 4.79 Å². The monoisotopic (exact) mass is 372 g/mol. The largest absolute Gasteiger partial charge is 0.325 e. The minimum atomic E-state index is -0.403. The number of hydrogen-bond acceptors (Lipinski definition) is 4. The van der Waals surface area contributed by atoms with E-state index in [1.807, 2.05) is 37.3 Å².